The molecule has 0 aromatic heterocycles. The van der Waals surface area contributed by atoms with Gasteiger partial charge in [0.05, 0.1) is 0 Å². The van der Waals surface area contributed by atoms with Crippen LogP contribution < -0.4 is 5.32 Å². The minimum absolute atomic E-state index is 0.0627. The summed E-state index contributed by atoms with van der Waals surface area (Å²) in [6, 6.07) is 16.4. The van der Waals surface area contributed by atoms with Crippen molar-refractivity contribution in [2.75, 3.05) is 25.0 Å². The van der Waals surface area contributed by atoms with Gasteiger partial charge in [-0.2, -0.15) is 0 Å². The van der Waals surface area contributed by atoms with E-state index in [1.54, 1.807) is 0 Å². The van der Waals surface area contributed by atoms with Gasteiger partial charge in [-0.15, -0.1) is 0 Å². The number of ketones is 1. The number of nitrogens with one attached hydrogen (secondary N) is 1. The standard InChI is InChI=1S/C25H30N2O2/c28-24-12-10-21-18-22(9-11-23(21)26-24)25(29)20-13-16-27(17-14-20)15-5-4-8-19-6-2-1-3-7-19/h1-3,6-7,9,11,18,20H,4-5,8,10,12-17H2,(H,26,28). The smallest absolute Gasteiger partial charge is 0.224 e. The Balaban J connectivity index is 1.22. The molecule has 152 valence electrons. The summed E-state index contributed by atoms with van der Waals surface area (Å²) < 4.78 is 0. The Morgan fingerprint density at radius 1 is 1.00 bits per heavy atom. The van der Waals surface area contributed by atoms with Gasteiger partial charge in [-0.1, -0.05) is 30.3 Å². The van der Waals surface area contributed by atoms with Crippen LogP contribution in [0.4, 0.5) is 5.69 Å². The average molecular weight is 391 g/mol. The number of Topliss-reactive ketones (excluding diaryl/α,β-unsaturated/α-hetero) is 1. The quantitative estimate of drug-likeness (QED) is 0.560. The Labute approximate surface area is 173 Å². The molecule has 0 radical (unpaired) electrons. The molecule has 4 nitrogen and oxygen atoms in total. The highest BCUT2D eigenvalue weighted by Gasteiger charge is 2.26. The van der Waals surface area contributed by atoms with E-state index >= 15 is 0 Å². The molecular weight excluding hydrogens is 360 g/mol. The second-order valence-electron chi connectivity index (χ2n) is 8.34. The van der Waals surface area contributed by atoms with Gasteiger partial charge >= 0.3 is 0 Å². The molecule has 1 amide bonds. The second kappa shape index (κ2) is 9.36. The van der Waals surface area contributed by atoms with Crippen molar-refractivity contribution in [2.24, 2.45) is 5.92 Å². The van der Waals surface area contributed by atoms with Crippen LogP contribution in [-0.4, -0.2) is 36.2 Å². The number of benzene rings is 2. The van der Waals surface area contributed by atoms with E-state index < -0.39 is 0 Å². The highest BCUT2D eigenvalue weighted by molar-refractivity contribution is 6.00. The predicted molar refractivity (Wildman–Crippen MR) is 116 cm³/mol. The number of rotatable bonds is 7. The van der Waals surface area contributed by atoms with Crippen LogP contribution in [-0.2, 0) is 17.6 Å². The molecule has 2 aliphatic rings. The lowest BCUT2D eigenvalue weighted by molar-refractivity contribution is -0.116. The van der Waals surface area contributed by atoms with Gasteiger partial charge in [-0.3, -0.25) is 9.59 Å². The van der Waals surface area contributed by atoms with Crippen LogP contribution in [0.2, 0.25) is 0 Å². The fourth-order valence-electron chi connectivity index (χ4n) is 4.50. The van der Waals surface area contributed by atoms with Crippen LogP contribution in [0.3, 0.4) is 0 Å². The van der Waals surface area contributed by atoms with Gasteiger partial charge in [-0.05, 0) is 87.5 Å². The van der Waals surface area contributed by atoms with E-state index in [-0.39, 0.29) is 17.6 Å². The number of piperidine rings is 1. The number of carbonyl (C=O) groups is 2. The molecule has 0 saturated carbocycles. The van der Waals surface area contributed by atoms with E-state index in [1.807, 2.05) is 18.2 Å². The van der Waals surface area contributed by atoms with E-state index in [0.717, 1.165) is 62.1 Å². The number of anilines is 1. The molecule has 0 aliphatic carbocycles. The lowest BCUT2D eigenvalue weighted by Crippen LogP contribution is -2.37. The van der Waals surface area contributed by atoms with Crippen LogP contribution in [0.25, 0.3) is 0 Å². The fraction of sp³-hybridized carbons (Fsp3) is 0.440. The number of amides is 1. The highest BCUT2D eigenvalue weighted by Crippen LogP contribution is 2.27. The van der Waals surface area contributed by atoms with Crippen LogP contribution in [0.1, 0.15) is 53.6 Å². The van der Waals surface area contributed by atoms with E-state index in [9.17, 15) is 9.59 Å². The van der Waals surface area contributed by atoms with Gasteiger partial charge in [0.25, 0.3) is 0 Å². The third-order valence-corrected chi connectivity index (χ3v) is 6.28. The van der Waals surface area contributed by atoms with Gasteiger partial charge in [-0.25, -0.2) is 0 Å². The topological polar surface area (TPSA) is 49.4 Å². The first-order valence-electron chi connectivity index (χ1n) is 10.9. The maximum atomic E-state index is 13.0. The van der Waals surface area contributed by atoms with E-state index in [1.165, 1.54) is 18.4 Å². The zero-order valence-corrected chi connectivity index (χ0v) is 17.0. The SMILES string of the molecule is O=C1CCc2cc(C(=O)C3CCN(CCCCc4ccccc4)CC3)ccc2N1. The summed E-state index contributed by atoms with van der Waals surface area (Å²) in [6.07, 6.45) is 6.71. The molecule has 1 fully saturated rings. The van der Waals surface area contributed by atoms with Crippen LogP contribution in [0, 0.1) is 5.92 Å². The summed E-state index contributed by atoms with van der Waals surface area (Å²) in [6.45, 7) is 3.16. The largest absolute Gasteiger partial charge is 0.326 e. The number of fused-ring (bicyclic) bond motifs is 1. The molecule has 0 unspecified atom stereocenters. The zero-order chi connectivity index (χ0) is 20.1. The summed E-state index contributed by atoms with van der Waals surface area (Å²) in [4.78, 5) is 27.0. The summed E-state index contributed by atoms with van der Waals surface area (Å²) in [5, 5.41) is 2.89. The Bertz CT molecular complexity index is 854. The van der Waals surface area contributed by atoms with Crippen molar-refractivity contribution in [1.29, 1.82) is 0 Å². The third-order valence-electron chi connectivity index (χ3n) is 6.28. The summed E-state index contributed by atoms with van der Waals surface area (Å²) in [5.41, 5.74) is 4.18. The Morgan fingerprint density at radius 2 is 1.79 bits per heavy atom. The predicted octanol–water partition coefficient (Wildman–Crippen LogP) is 4.49. The zero-order valence-electron chi connectivity index (χ0n) is 17.0. The van der Waals surface area contributed by atoms with Gasteiger partial charge in [0, 0.05) is 23.6 Å². The lowest BCUT2D eigenvalue weighted by Gasteiger charge is -2.31. The summed E-state index contributed by atoms with van der Waals surface area (Å²) in [7, 11) is 0. The Hall–Kier alpha value is -2.46. The molecule has 2 aromatic rings. The minimum Gasteiger partial charge on any atom is -0.326 e. The normalized spacial score (nSPS) is 17.6. The molecule has 1 N–H and O–H groups in total. The molecule has 29 heavy (non-hydrogen) atoms. The first-order valence-corrected chi connectivity index (χ1v) is 10.9. The first kappa shape index (κ1) is 19.8. The molecule has 2 aromatic carbocycles. The fourth-order valence-corrected chi connectivity index (χ4v) is 4.50. The van der Waals surface area contributed by atoms with Gasteiger partial charge < -0.3 is 10.2 Å². The lowest BCUT2D eigenvalue weighted by atomic mass is 9.87. The van der Waals surface area contributed by atoms with Crippen molar-refractivity contribution >= 4 is 17.4 Å². The van der Waals surface area contributed by atoms with Crippen molar-refractivity contribution in [2.45, 2.75) is 44.9 Å². The monoisotopic (exact) mass is 390 g/mol. The van der Waals surface area contributed by atoms with Crippen molar-refractivity contribution in [1.82, 2.24) is 4.90 Å². The molecule has 2 aliphatic heterocycles. The van der Waals surface area contributed by atoms with E-state index in [0.29, 0.717) is 6.42 Å². The highest BCUT2D eigenvalue weighted by atomic mass is 16.1. The molecule has 0 spiro atoms. The number of carbonyl (C=O) groups excluding carboxylic acids is 2. The van der Waals surface area contributed by atoms with Gasteiger partial charge in [0.1, 0.15) is 0 Å². The summed E-state index contributed by atoms with van der Waals surface area (Å²) in [5.74, 6) is 0.466. The van der Waals surface area contributed by atoms with Crippen LogP contribution in [0.15, 0.2) is 48.5 Å². The Morgan fingerprint density at radius 3 is 2.59 bits per heavy atom. The summed E-state index contributed by atoms with van der Waals surface area (Å²) >= 11 is 0. The number of nitrogens with zero attached hydrogens (tertiary/aromatic N) is 1. The molecule has 0 atom stereocenters. The van der Waals surface area contributed by atoms with Gasteiger partial charge in [0.2, 0.25) is 5.91 Å². The maximum Gasteiger partial charge on any atom is 0.224 e. The van der Waals surface area contributed by atoms with Crippen LogP contribution >= 0.6 is 0 Å². The first-order chi connectivity index (χ1) is 14.2. The number of aryl methyl sites for hydroxylation is 2. The van der Waals surface area contributed by atoms with E-state index in [4.69, 9.17) is 0 Å². The van der Waals surface area contributed by atoms with Crippen LogP contribution in [0.5, 0.6) is 0 Å². The molecular formula is C25H30N2O2. The molecule has 0 bridgehead atoms. The molecule has 1 saturated heterocycles. The molecule has 4 rings (SSSR count). The number of likely N-dealkylation sites (tertiary alicyclic amines) is 1. The number of hydrogen-bond donors (Lipinski definition) is 1. The van der Waals surface area contributed by atoms with Crippen molar-refractivity contribution in [3.8, 4) is 0 Å². The van der Waals surface area contributed by atoms with Gasteiger partial charge in [0.15, 0.2) is 5.78 Å². The van der Waals surface area contributed by atoms with Crippen molar-refractivity contribution < 1.29 is 9.59 Å². The second-order valence-corrected chi connectivity index (χ2v) is 8.34. The van der Waals surface area contributed by atoms with Crippen molar-refractivity contribution in [3.05, 3.63) is 65.2 Å². The Kier molecular flexibility index (Phi) is 6.40. The molecule has 4 heteroatoms. The molecule has 2 heterocycles. The number of hydrogen-bond acceptors (Lipinski definition) is 3. The number of unbranched alkanes of at least 4 members (excludes halogenated alkanes) is 1. The third kappa shape index (κ3) is 5.13. The maximum absolute atomic E-state index is 13.0. The van der Waals surface area contributed by atoms with Crippen molar-refractivity contribution in [3.63, 3.8) is 0 Å². The minimum atomic E-state index is 0.0627. The van der Waals surface area contributed by atoms with E-state index in [2.05, 4.69) is 40.5 Å². The average Bonchev–Trinajstić information content (AvgIpc) is 2.77.